The van der Waals surface area contributed by atoms with Crippen molar-refractivity contribution in [3.05, 3.63) is 28.8 Å². The van der Waals surface area contributed by atoms with Crippen LogP contribution in [0.3, 0.4) is 0 Å². The maximum Gasteiger partial charge on any atom is 0.412 e. The van der Waals surface area contributed by atoms with Gasteiger partial charge < -0.3 is 4.74 Å². The Hall–Kier alpha value is -1.26. The normalized spacial score (nSPS) is 21.3. The van der Waals surface area contributed by atoms with Gasteiger partial charge >= 0.3 is 6.09 Å². The number of nitrogens with one attached hydrogen (secondary N) is 1. The van der Waals surface area contributed by atoms with Gasteiger partial charge in [0.05, 0.1) is 10.7 Å². The number of likely N-dealkylation sites (N-methyl/N-ethyl adjacent to an activating group) is 1. The maximum atomic E-state index is 12.3. The number of hydrogen-bond acceptors (Lipinski definition) is 3. The zero-order valence-corrected chi connectivity index (χ0v) is 15.0. The van der Waals surface area contributed by atoms with Crippen molar-refractivity contribution in [2.45, 2.75) is 58.6 Å². The first-order valence-corrected chi connectivity index (χ1v) is 8.91. The van der Waals surface area contributed by atoms with E-state index in [4.69, 9.17) is 16.3 Å². The number of carbonyl (C=O) groups is 1. The Labute approximate surface area is 144 Å². The van der Waals surface area contributed by atoms with Gasteiger partial charge in [-0.05, 0) is 50.9 Å². The second-order valence-corrected chi connectivity index (χ2v) is 6.48. The molecule has 0 radical (unpaired) electrons. The number of ether oxygens (including phenoxy) is 1. The van der Waals surface area contributed by atoms with E-state index >= 15 is 0 Å². The van der Waals surface area contributed by atoms with Crippen LogP contribution in [-0.4, -0.2) is 36.2 Å². The molecule has 128 valence electrons. The van der Waals surface area contributed by atoms with Gasteiger partial charge in [0.2, 0.25) is 0 Å². The molecule has 2 unspecified atom stereocenters. The molecule has 1 aromatic carbocycles. The van der Waals surface area contributed by atoms with Crippen LogP contribution in [0.1, 0.15) is 45.1 Å². The van der Waals surface area contributed by atoms with Crippen molar-refractivity contribution < 1.29 is 9.53 Å². The molecule has 0 saturated heterocycles. The molecule has 0 aromatic heterocycles. The fraction of sp³-hybridized carbons (Fsp3) is 0.611. The van der Waals surface area contributed by atoms with Crippen LogP contribution in [0.5, 0.6) is 0 Å². The summed E-state index contributed by atoms with van der Waals surface area (Å²) in [6, 6.07) is 5.87. The van der Waals surface area contributed by atoms with E-state index in [9.17, 15) is 4.79 Å². The highest BCUT2D eigenvalue weighted by Crippen LogP contribution is 2.28. The first-order valence-electron chi connectivity index (χ1n) is 8.53. The Morgan fingerprint density at radius 3 is 2.65 bits per heavy atom. The van der Waals surface area contributed by atoms with Crippen molar-refractivity contribution in [3.8, 4) is 0 Å². The summed E-state index contributed by atoms with van der Waals surface area (Å²) in [4.78, 5) is 14.7. The zero-order valence-electron chi connectivity index (χ0n) is 14.3. The van der Waals surface area contributed by atoms with Crippen LogP contribution >= 0.6 is 11.6 Å². The number of rotatable bonds is 5. The number of amides is 1. The number of para-hydroxylation sites is 1. The third-order valence-electron chi connectivity index (χ3n) is 4.66. The van der Waals surface area contributed by atoms with E-state index in [1.807, 2.05) is 19.1 Å². The van der Waals surface area contributed by atoms with Gasteiger partial charge in [-0.1, -0.05) is 44.0 Å². The lowest BCUT2D eigenvalue weighted by Crippen LogP contribution is -2.47. The smallest absolute Gasteiger partial charge is 0.412 e. The third kappa shape index (κ3) is 4.61. The predicted octanol–water partition coefficient (Wildman–Crippen LogP) is 4.85. The van der Waals surface area contributed by atoms with Crippen LogP contribution in [-0.2, 0) is 4.74 Å². The Kier molecular flexibility index (Phi) is 6.72. The summed E-state index contributed by atoms with van der Waals surface area (Å²) in [6.45, 7) is 8.18. The third-order valence-corrected chi connectivity index (χ3v) is 4.97. The number of aryl methyl sites for hydroxylation is 1. The predicted molar refractivity (Wildman–Crippen MR) is 95.3 cm³/mol. The number of hydrogen-bond donors (Lipinski definition) is 1. The van der Waals surface area contributed by atoms with E-state index in [1.54, 1.807) is 6.07 Å². The molecule has 23 heavy (non-hydrogen) atoms. The van der Waals surface area contributed by atoms with Gasteiger partial charge in [-0.15, -0.1) is 0 Å². The van der Waals surface area contributed by atoms with Gasteiger partial charge in [-0.25, -0.2) is 4.79 Å². The van der Waals surface area contributed by atoms with Gasteiger partial charge in [-0.2, -0.15) is 0 Å². The minimum atomic E-state index is -0.412. The molecule has 1 aliphatic rings. The van der Waals surface area contributed by atoms with E-state index in [-0.39, 0.29) is 6.10 Å². The molecule has 2 rings (SSSR count). The highest BCUT2D eigenvalue weighted by Gasteiger charge is 2.31. The molecule has 2 atom stereocenters. The van der Waals surface area contributed by atoms with E-state index < -0.39 is 6.09 Å². The van der Waals surface area contributed by atoms with Crippen LogP contribution < -0.4 is 5.32 Å². The lowest BCUT2D eigenvalue weighted by Gasteiger charge is -2.38. The van der Waals surface area contributed by atoms with Gasteiger partial charge in [0.15, 0.2) is 0 Å². The van der Waals surface area contributed by atoms with Crippen LogP contribution in [0.15, 0.2) is 18.2 Å². The molecule has 0 aliphatic heterocycles. The molecule has 1 fully saturated rings. The maximum absolute atomic E-state index is 12.3. The molecule has 5 heteroatoms. The monoisotopic (exact) mass is 338 g/mol. The summed E-state index contributed by atoms with van der Waals surface area (Å²) < 4.78 is 5.75. The van der Waals surface area contributed by atoms with Gasteiger partial charge in [0, 0.05) is 6.04 Å². The SMILES string of the molecule is CCN(CC)C1CCCCC1OC(=O)Nc1c(C)cccc1Cl. The van der Waals surface area contributed by atoms with Crippen molar-refractivity contribution in [1.29, 1.82) is 0 Å². The summed E-state index contributed by atoms with van der Waals surface area (Å²) in [5, 5.41) is 3.34. The lowest BCUT2D eigenvalue weighted by atomic mass is 9.91. The van der Waals surface area contributed by atoms with Crippen molar-refractivity contribution in [1.82, 2.24) is 4.90 Å². The van der Waals surface area contributed by atoms with E-state index in [0.29, 0.717) is 16.8 Å². The molecular formula is C18H27ClN2O2. The molecule has 0 bridgehead atoms. The Bertz CT molecular complexity index is 512. The molecule has 0 spiro atoms. The molecule has 1 amide bonds. The summed E-state index contributed by atoms with van der Waals surface area (Å²) in [7, 11) is 0. The highest BCUT2D eigenvalue weighted by molar-refractivity contribution is 6.33. The standard InChI is InChI=1S/C18H27ClN2O2/c1-4-21(5-2)15-11-6-7-12-16(15)23-18(22)20-17-13(3)9-8-10-14(17)19/h8-10,15-16H,4-7,11-12H2,1-3H3,(H,20,22). The average Bonchev–Trinajstić information content (AvgIpc) is 2.54. The van der Waals surface area contributed by atoms with Crippen molar-refractivity contribution in [2.75, 3.05) is 18.4 Å². The summed E-state index contributed by atoms with van der Waals surface area (Å²) in [5.41, 5.74) is 1.56. The second-order valence-electron chi connectivity index (χ2n) is 6.07. The minimum absolute atomic E-state index is 0.0496. The molecule has 1 aromatic rings. The van der Waals surface area contributed by atoms with Crippen molar-refractivity contribution >= 4 is 23.4 Å². The van der Waals surface area contributed by atoms with E-state index in [2.05, 4.69) is 24.1 Å². The topological polar surface area (TPSA) is 41.6 Å². The number of anilines is 1. The quantitative estimate of drug-likeness (QED) is 0.834. The fourth-order valence-corrected chi connectivity index (χ4v) is 3.65. The number of carbonyl (C=O) groups excluding carboxylic acids is 1. The Morgan fingerprint density at radius 2 is 2.00 bits per heavy atom. The molecule has 0 heterocycles. The fourth-order valence-electron chi connectivity index (χ4n) is 3.38. The Balaban J connectivity index is 2.02. The van der Waals surface area contributed by atoms with Crippen LogP contribution in [0.25, 0.3) is 0 Å². The van der Waals surface area contributed by atoms with Crippen LogP contribution in [0, 0.1) is 6.92 Å². The molecule has 4 nitrogen and oxygen atoms in total. The average molecular weight is 339 g/mol. The van der Waals surface area contributed by atoms with Crippen molar-refractivity contribution in [2.24, 2.45) is 0 Å². The van der Waals surface area contributed by atoms with Gasteiger partial charge in [-0.3, -0.25) is 10.2 Å². The highest BCUT2D eigenvalue weighted by atomic mass is 35.5. The summed E-state index contributed by atoms with van der Waals surface area (Å²) in [5.74, 6) is 0. The largest absolute Gasteiger partial charge is 0.444 e. The van der Waals surface area contributed by atoms with E-state index in [0.717, 1.165) is 37.9 Å². The molecule has 1 N–H and O–H groups in total. The Morgan fingerprint density at radius 1 is 1.30 bits per heavy atom. The zero-order chi connectivity index (χ0) is 16.8. The molecular weight excluding hydrogens is 312 g/mol. The first kappa shape index (κ1) is 18.1. The van der Waals surface area contributed by atoms with Gasteiger partial charge in [0.25, 0.3) is 0 Å². The first-order chi connectivity index (χ1) is 11.1. The van der Waals surface area contributed by atoms with Crippen LogP contribution in [0.2, 0.25) is 5.02 Å². The van der Waals surface area contributed by atoms with Crippen molar-refractivity contribution in [3.63, 3.8) is 0 Å². The lowest BCUT2D eigenvalue weighted by molar-refractivity contribution is 0.0124. The number of halogens is 1. The molecule has 1 aliphatic carbocycles. The minimum Gasteiger partial charge on any atom is -0.444 e. The summed E-state index contributed by atoms with van der Waals surface area (Å²) in [6.07, 6.45) is 3.87. The van der Waals surface area contributed by atoms with E-state index in [1.165, 1.54) is 6.42 Å². The van der Waals surface area contributed by atoms with Crippen LogP contribution in [0.4, 0.5) is 10.5 Å². The number of nitrogens with zero attached hydrogens (tertiary/aromatic N) is 1. The number of benzene rings is 1. The van der Waals surface area contributed by atoms with Gasteiger partial charge in [0.1, 0.15) is 6.10 Å². The molecule has 1 saturated carbocycles. The second kappa shape index (κ2) is 8.55. The summed E-state index contributed by atoms with van der Waals surface area (Å²) >= 11 is 6.16.